The third-order valence-electron chi connectivity index (χ3n) is 3.63. The highest BCUT2D eigenvalue weighted by atomic mass is 19.3. The Morgan fingerprint density at radius 3 is 2.84 bits per heavy atom. The zero-order valence-corrected chi connectivity index (χ0v) is 13.1. The maximum Gasteiger partial charge on any atom is 0.255 e. The molecule has 10 heteroatoms. The van der Waals surface area contributed by atoms with E-state index in [0.29, 0.717) is 40.2 Å². The van der Waals surface area contributed by atoms with E-state index in [9.17, 15) is 14.0 Å². The minimum atomic E-state index is -2.53. The van der Waals surface area contributed by atoms with Crippen LogP contribution in [0.1, 0.15) is 22.6 Å². The van der Waals surface area contributed by atoms with Gasteiger partial charge in [0.25, 0.3) is 6.43 Å². The van der Waals surface area contributed by atoms with Crippen molar-refractivity contribution >= 4 is 22.5 Å². The van der Waals surface area contributed by atoms with Crippen LogP contribution in [-0.4, -0.2) is 33.3 Å². The highest BCUT2D eigenvalue weighted by Gasteiger charge is 2.16. The van der Waals surface area contributed by atoms with Crippen molar-refractivity contribution in [2.24, 2.45) is 0 Å². The summed E-state index contributed by atoms with van der Waals surface area (Å²) in [6.07, 6.45) is -2.22. The number of hydrogen-bond acceptors (Lipinski definition) is 8. The molecule has 0 aliphatic rings. The van der Waals surface area contributed by atoms with Gasteiger partial charge in [0.05, 0.1) is 17.9 Å². The lowest BCUT2D eigenvalue weighted by Crippen LogP contribution is -2.12. The van der Waals surface area contributed by atoms with Gasteiger partial charge in [-0.2, -0.15) is 5.26 Å². The molecule has 0 amide bonds. The number of aryl methyl sites for hydroxylation is 1. The molecule has 3 rings (SSSR count). The molecule has 0 aliphatic heterocycles. The van der Waals surface area contributed by atoms with Crippen molar-refractivity contribution in [3.05, 3.63) is 34.8 Å². The molecule has 3 heterocycles. The van der Waals surface area contributed by atoms with Gasteiger partial charge in [0, 0.05) is 23.4 Å². The molecule has 3 aromatic heterocycles. The number of anilines is 2. The molecule has 0 fully saturated rings. The minimum absolute atomic E-state index is 0.0338. The van der Waals surface area contributed by atoms with Crippen LogP contribution in [0.15, 0.2) is 16.8 Å². The number of hydrogen-bond donors (Lipinski definition) is 2. The monoisotopic (exact) mass is 345 g/mol. The lowest BCUT2D eigenvalue weighted by molar-refractivity contribution is 0.163. The Hall–Kier alpha value is -3.35. The first kappa shape index (κ1) is 16.5. The zero-order chi connectivity index (χ0) is 18.0. The number of alkyl halides is 2. The van der Waals surface area contributed by atoms with Crippen molar-refractivity contribution in [3.63, 3.8) is 0 Å². The van der Waals surface area contributed by atoms with Crippen LogP contribution in [0.2, 0.25) is 0 Å². The van der Waals surface area contributed by atoms with Gasteiger partial charge in [-0.3, -0.25) is 0 Å². The van der Waals surface area contributed by atoms with Crippen molar-refractivity contribution in [2.45, 2.75) is 19.8 Å². The quantitative estimate of drug-likeness (QED) is 0.719. The molecular weight excluding hydrogens is 332 g/mol. The van der Waals surface area contributed by atoms with Crippen molar-refractivity contribution in [3.8, 4) is 6.07 Å². The van der Waals surface area contributed by atoms with Gasteiger partial charge in [0.15, 0.2) is 11.2 Å². The van der Waals surface area contributed by atoms with E-state index >= 15 is 0 Å². The molecule has 3 aromatic rings. The summed E-state index contributed by atoms with van der Waals surface area (Å²) < 4.78 is 29.2. The minimum Gasteiger partial charge on any atom is -0.396 e. The smallest absolute Gasteiger partial charge is 0.255 e. The van der Waals surface area contributed by atoms with Gasteiger partial charge in [0.1, 0.15) is 6.07 Å². The summed E-state index contributed by atoms with van der Waals surface area (Å²) in [7, 11) is 0. The van der Waals surface area contributed by atoms with E-state index in [1.165, 1.54) is 0 Å². The summed E-state index contributed by atoms with van der Waals surface area (Å²) in [6, 6.07) is 5.08. The van der Waals surface area contributed by atoms with Crippen LogP contribution in [0.3, 0.4) is 0 Å². The molecule has 128 valence electrons. The summed E-state index contributed by atoms with van der Waals surface area (Å²) in [5.74, 6) is 0. The largest absolute Gasteiger partial charge is 0.396 e. The summed E-state index contributed by atoms with van der Waals surface area (Å²) in [5.41, 5.74) is 9.32. The van der Waals surface area contributed by atoms with Gasteiger partial charge in [-0.25, -0.2) is 23.4 Å². The number of aromatic nitrogens is 4. The van der Waals surface area contributed by atoms with Gasteiger partial charge in [0.2, 0.25) is 5.65 Å². The lowest BCUT2D eigenvalue weighted by Gasteiger charge is -2.11. The maximum atomic E-state index is 12.3. The third kappa shape index (κ3) is 3.30. The van der Waals surface area contributed by atoms with E-state index in [-0.39, 0.29) is 11.4 Å². The fourth-order valence-electron chi connectivity index (χ4n) is 2.41. The molecule has 8 nitrogen and oxygen atoms in total. The van der Waals surface area contributed by atoms with Crippen LogP contribution in [0.5, 0.6) is 0 Å². The third-order valence-corrected chi connectivity index (χ3v) is 3.63. The van der Waals surface area contributed by atoms with Crippen molar-refractivity contribution < 1.29 is 13.4 Å². The zero-order valence-electron chi connectivity index (χ0n) is 13.1. The van der Waals surface area contributed by atoms with Crippen LogP contribution < -0.4 is 11.1 Å². The highest BCUT2D eigenvalue weighted by Crippen LogP contribution is 2.26. The van der Waals surface area contributed by atoms with Gasteiger partial charge < -0.3 is 11.1 Å². The van der Waals surface area contributed by atoms with Crippen molar-refractivity contribution in [1.82, 2.24) is 20.3 Å². The molecular formula is C15H13F2N7O. The standard InChI is InChI=1S/C15H13F2N7O/c1-7-9(13(19)14-15(21-7)24-25-23-14)4-8-2-3-10(11(5-18)22-8)20-6-12(16)17/h2-3,12,20H,4,6,19H2,1H3. The fourth-order valence-corrected chi connectivity index (χ4v) is 2.41. The number of nitriles is 1. The average molecular weight is 345 g/mol. The van der Waals surface area contributed by atoms with Crippen LogP contribution in [-0.2, 0) is 6.42 Å². The lowest BCUT2D eigenvalue weighted by atomic mass is 10.0. The van der Waals surface area contributed by atoms with Crippen molar-refractivity contribution in [1.29, 1.82) is 5.26 Å². The number of nitrogens with zero attached hydrogens (tertiary/aromatic N) is 5. The van der Waals surface area contributed by atoms with E-state index in [1.54, 1.807) is 19.1 Å². The van der Waals surface area contributed by atoms with Crippen LogP contribution >= 0.6 is 0 Å². The number of nitrogen functional groups attached to an aromatic ring is 1. The molecule has 0 bridgehead atoms. The fraction of sp³-hybridized carbons (Fsp3) is 0.267. The van der Waals surface area contributed by atoms with Crippen LogP contribution in [0.25, 0.3) is 11.2 Å². The van der Waals surface area contributed by atoms with Gasteiger partial charge in [-0.05, 0) is 29.4 Å². The van der Waals surface area contributed by atoms with E-state index < -0.39 is 13.0 Å². The SMILES string of the molecule is Cc1nc2nonc2c(N)c1Cc1ccc(NCC(F)F)c(C#N)n1. The van der Waals surface area contributed by atoms with Gasteiger partial charge in [-0.15, -0.1) is 0 Å². The first-order valence-electron chi connectivity index (χ1n) is 7.29. The number of rotatable bonds is 5. The van der Waals surface area contributed by atoms with Gasteiger partial charge >= 0.3 is 0 Å². The normalized spacial score (nSPS) is 11.0. The molecule has 0 saturated heterocycles. The number of fused-ring (bicyclic) bond motifs is 1. The second-order valence-electron chi connectivity index (χ2n) is 5.29. The average Bonchev–Trinajstić information content (AvgIpc) is 3.05. The number of pyridine rings is 2. The molecule has 0 aliphatic carbocycles. The molecule has 25 heavy (non-hydrogen) atoms. The summed E-state index contributed by atoms with van der Waals surface area (Å²) in [6.45, 7) is 1.21. The number of nitrogens with one attached hydrogen (secondary N) is 1. The molecule has 0 atom stereocenters. The summed E-state index contributed by atoms with van der Waals surface area (Å²) >= 11 is 0. The maximum absolute atomic E-state index is 12.3. The predicted octanol–water partition coefficient (Wildman–Crippen LogP) is 2.04. The molecule has 0 radical (unpaired) electrons. The van der Waals surface area contributed by atoms with Crippen LogP contribution in [0, 0.1) is 18.3 Å². The van der Waals surface area contributed by atoms with E-state index in [1.807, 2.05) is 6.07 Å². The first-order valence-corrected chi connectivity index (χ1v) is 7.29. The summed E-state index contributed by atoms with van der Waals surface area (Å²) in [4.78, 5) is 8.47. The second kappa shape index (κ2) is 6.64. The number of halogens is 2. The van der Waals surface area contributed by atoms with E-state index in [4.69, 9.17) is 5.73 Å². The molecule has 0 aromatic carbocycles. The van der Waals surface area contributed by atoms with E-state index in [0.717, 1.165) is 0 Å². The Balaban J connectivity index is 1.92. The van der Waals surface area contributed by atoms with E-state index in [2.05, 4.69) is 30.2 Å². The molecule has 0 unspecified atom stereocenters. The first-order chi connectivity index (χ1) is 12.0. The van der Waals surface area contributed by atoms with Gasteiger partial charge in [-0.1, -0.05) is 0 Å². The Bertz CT molecular complexity index is 964. The van der Waals surface area contributed by atoms with Crippen LogP contribution in [0.4, 0.5) is 20.2 Å². The molecule has 0 spiro atoms. The second-order valence-corrected chi connectivity index (χ2v) is 5.29. The predicted molar refractivity (Wildman–Crippen MR) is 85.0 cm³/mol. The highest BCUT2D eigenvalue weighted by molar-refractivity contribution is 5.85. The Morgan fingerprint density at radius 1 is 1.32 bits per heavy atom. The topological polar surface area (TPSA) is 127 Å². The Morgan fingerprint density at radius 2 is 2.12 bits per heavy atom. The number of nitrogens with two attached hydrogens (primary N) is 1. The molecule has 0 saturated carbocycles. The Labute approximate surface area is 140 Å². The Kier molecular flexibility index (Phi) is 4.38. The van der Waals surface area contributed by atoms with Crippen molar-refractivity contribution in [2.75, 3.05) is 17.6 Å². The molecule has 3 N–H and O–H groups in total. The summed E-state index contributed by atoms with van der Waals surface area (Å²) in [5, 5.41) is 19.1.